The Hall–Kier alpha value is -3.58. The minimum absolute atomic E-state index is 0.0406. The molecule has 0 aromatic rings. The summed E-state index contributed by atoms with van der Waals surface area (Å²) in [4.78, 5) is 51.4. The molecule has 0 saturated carbocycles. The SMILES string of the molecule is CC/C=C\C/C=C\C/C=C\CCCCCCCC(=O)OC1C(OCC(COC(=O)CCCCCCCCCCC/C=C\CCCCCCCC)OC(=O)CCCCCCCCC/C=C\CCCCCCCC)OC(C(=O)O)C(O)C1O. The Kier molecular flexibility index (Phi) is 53.0. The van der Waals surface area contributed by atoms with Gasteiger partial charge in [0.1, 0.15) is 18.8 Å². The minimum atomic E-state index is -1.91. The summed E-state index contributed by atoms with van der Waals surface area (Å²) in [6.07, 6.45) is 58.9. The Labute approximate surface area is 494 Å². The summed E-state index contributed by atoms with van der Waals surface area (Å²) < 4.78 is 28.5. The summed E-state index contributed by atoms with van der Waals surface area (Å²) in [5, 5.41) is 31.6. The Morgan fingerprint density at radius 1 is 0.420 bits per heavy atom. The van der Waals surface area contributed by atoms with Gasteiger partial charge in [0.15, 0.2) is 24.6 Å². The lowest BCUT2D eigenvalue weighted by Crippen LogP contribution is -2.61. The quantitative estimate of drug-likeness (QED) is 0.0228. The van der Waals surface area contributed by atoms with Crippen molar-refractivity contribution in [1.29, 1.82) is 0 Å². The summed E-state index contributed by atoms with van der Waals surface area (Å²) >= 11 is 0. The fourth-order valence-electron chi connectivity index (χ4n) is 9.96. The smallest absolute Gasteiger partial charge is 0.335 e. The number of carbonyl (C=O) groups excluding carboxylic acids is 3. The summed E-state index contributed by atoms with van der Waals surface area (Å²) in [7, 11) is 0. The summed E-state index contributed by atoms with van der Waals surface area (Å²) in [5.74, 6) is -3.13. The fourth-order valence-corrected chi connectivity index (χ4v) is 9.96. The van der Waals surface area contributed by atoms with Crippen LogP contribution >= 0.6 is 0 Å². The highest BCUT2D eigenvalue weighted by molar-refractivity contribution is 5.74. The zero-order valence-corrected chi connectivity index (χ0v) is 51.8. The van der Waals surface area contributed by atoms with E-state index in [-0.39, 0.29) is 25.9 Å². The molecule has 0 aromatic heterocycles. The maximum Gasteiger partial charge on any atom is 0.335 e. The molecular weight excluding hydrogens is 1020 g/mol. The predicted octanol–water partition coefficient (Wildman–Crippen LogP) is 17.9. The largest absolute Gasteiger partial charge is 0.479 e. The highest BCUT2D eigenvalue weighted by atomic mass is 16.7. The van der Waals surface area contributed by atoms with Crippen molar-refractivity contribution in [1.82, 2.24) is 0 Å². The number of carboxylic acids is 1. The number of aliphatic hydroxyl groups excluding tert-OH is 2. The van der Waals surface area contributed by atoms with Gasteiger partial charge in [-0.05, 0) is 103 Å². The second-order valence-electron chi connectivity index (χ2n) is 22.7. The average molecular weight is 1140 g/mol. The number of ether oxygens (including phenoxy) is 5. The van der Waals surface area contributed by atoms with Gasteiger partial charge in [0.25, 0.3) is 0 Å². The third-order valence-electron chi connectivity index (χ3n) is 15.0. The molecular formula is C69H120O12. The number of hydrogen-bond acceptors (Lipinski definition) is 11. The van der Waals surface area contributed by atoms with Crippen LogP contribution in [0.5, 0.6) is 0 Å². The van der Waals surface area contributed by atoms with E-state index >= 15 is 0 Å². The van der Waals surface area contributed by atoms with Crippen LogP contribution in [0.3, 0.4) is 0 Å². The van der Waals surface area contributed by atoms with E-state index < -0.39 is 67.3 Å². The standard InChI is InChI=1S/C69H120O12/c1-4-7-10-13-16-19-22-25-28-30-31-33-35-37-40-43-46-49-52-55-61(70)77-58-60(79-62(71)56-53-50-47-44-41-39-36-32-29-26-23-20-17-14-11-8-5-2)59-78-69-67(65(74)64(73)66(81-69)68(75)76)80-63(72)57-54-51-48-45-42-38-34-27-24-21-18-15-12-9-6-3/h9,12,18,21,25-29,34,60,64-67,69,73-74H,4-8,10-11,13-17,19-20,22-24,30-33,35-59H2,1-3H3,(H,75,76)/b12-9-,21-18-,28-25-,29-26-,34-27-. The first-order valence-corrected chi connectivity index (χ1v) is 33.3. The van der Waals surface area contributed by atoms with Crippen LogP contribution in [-0.2, 0) is 42.9 Å². The first-order chi connectivity index (χ1) is 39.6. The lowest BCUT2D eigenvalue weighted by Gasteiger charge is -2.40. The number of aliphatic carboxylic acids is 1. The van der Waals surface area contributed by atoms with Crippen LogP contribution in [0, 0.1) is 0 Å². The van der Waals surface area contributed by atoms with Crippen LogP contribution in [-0.4, -0.2) is 89.2 Å². The number of esters is 3. The maximum atomic E-state index is 13.2. The first kappa shape index (κ1) is 75.4. The Morgan fingerprint density at radius 2 is 0.778 bits per heavy atom. The molecule has 81 heavy (non-hydrogen) atoms. The molecule has 3 N–H and O–H groups in total. The summed E-state index contributed by atoms with van der Waals surface area (Å²) in [6.45, 7) is 5.90. The molecule has 6 atom stereocenters. The van der Waals surface area contributed by atoms with Crippen molar-refractivity contribution in [3.63, 3.8) is 0 Å². The van der Waals surface area contributed by atoms with E-state index in [1.807, 2.05) is 0 Å². The molecule has 1 heterocycles. The number of carbonyl (C=O) groups is 4. The molecule has 0 amide bonds. The van der Waals surface area contributed by atoms with Crippen LogP contribution in [0.4, 0.5) is 0 Å². The van der Waals surface area contributed by atoms with Gasteiger partial charge in [0, 0.05) is 19.3 Å². The molecule has 0 spiro atoms. The lowest BCUT2D eigenvalue weighted by molar-refractivity contribution is -0.301. The normalized spacial score (nSPS) is 18.1. The highest BCUT2D eigenvalue weighted by Gasteiger charge is 2.50. The van der Waals surface area contributed by atoms with Gasteiger partial charge >= 0.3 is 23.9 Å². The molecule has 0 aliphatic carbocycles. The van der Waals surface area contributed by atoms with E-state index in [0.717, 1.165) is 103 Å². The molecule has 1 aliphatic rings. The Morgan fingerprint density at radius 3 is 1.20 bits per heavy atom. The van der Waals surface area contributed by atoms with Crippen molar-refractivity contribution in [3.8, 4) is 0 Å². The van der Waals surface area contributed by atoms with Gasteiger partial charge in [0.2, 0.25) is 0 Å². The van der Waals surface area contributed by atoms with E-state index in [4.69, 9.17) is 23.7 Å². The first-order valence-electron chi connectivity index (χ1n) is 33.3. The van der Waals surface area contributed by atoms with Crippen LogP contribution in [0.15, 0.2) is 60.8 Å². The van der Waals surface area contributed by atoms with E-state index in [9.17, 15) is 34.5 Å². The summed E-state index contributed by atoms with van der Waals surface area (Å²) in [6, 6.07) is 0. The van der Waals surface area contributed by atoms with Crippen molar-refractivity contribution < 1.29 is 58.2 Å². The van der Waals surface area contributed by atoms with Gasteiger partial charge in [0.05, 0.1) is 6.61 Å². The van der Waals surface area contributed by atoms with E-state index in [1.165, 1.54) is 141 Å². The zero-order chi connectivity index (χ0) is 58.9. The molecule has 468 valence electrons. The third kappa shape index (κ3) is 46.5. The average Bonchev–Trinajstić information content (AvgIpc) is 3.53. The van der Waals surface area contributed by atoms with Crippen molar-refractivity contribution in [2.45, 2.75) is 340 Å². The molecule has 0 radical (unpaired) electrons. The van der Waals surface area contributed by atoms with Gasteiger partial charge < -0.3 is 39.0 Å². The van der Waals surface area contributed by atoms with Gasteiger partial charge in [-0.15, -0.1) is 0 Å². The molecule has 1 aliphatic heterocycles. The van der Waals surface area contributed by atoms with Crippen LogP contribution in [0.1, 0.15) is 303 Å². The molecule has 12 nitrogen and oxygen atoms in total. The molecule has 1 rings (SSSR count). The minimum Gasteiger partial charge on any atom is -0.479 e. The van der Waals surface area contributed by atoms with E-state index in [0.29, 0.717) is 19.3 Å². The molecule has 1 fully saturated rings. The second kappa shape index (κ2) is 56.9. The van der Waals surface area contributed by atoms with Crippen LogP contribution < -0.4 is 0 Å². The van der Waals surface area contributed by atoms with Gasteiger partial charge in [-0.2, -0.15) is 0 Å². The second-order valence-corrected chi connectivity index (χ2v) is 22.7. The topological polar surface area (TPSA) is 175 Å². The Bertz CT molecular complexity index is 1640. The fraction of sp³-hybridized carbons (Fsp3) is 0.797. The van der Waals surface area contributed by atoms with E-state index in [2.05, 4.69) is 81.5 Å². The number of unbranched alkanes of at least 4 members (excludes halogenated alkanes) is 33. The monoisotopic (exact) mass is 1140 g/mol. The predicted molar refractivity (Wildman–Crippen MR) is 331 cm³/mol. The van der Waals surface area contributed by atoms with Crippen molar-refractivity contribution in [3.05, 3.63) is 60.8 Å². The lowest BCUT2D eigenvalue weighted by atomic mass is 9.98. The van der Waals surface area contributed by atoms with Crippen molar-refractivity contribution >= 4 is 23.9 Å². The summed E-state index contributed by atoms with van der Waals surface area (Å²) in [5.41, 5.74) is 0. The third-order valence-corrected chi connectivity index (χ3v) is 15.0. The number of rotatable bonds is 57. The number of aliphatic hydroxyl groups is 2. The van der Waals surface area contributed by atoms with Crippen LogP contribution in [0.25, 0.3) is 0 Å². The molecule has 0 bridgehead atoms. The van der Waals surface area contributed by atoms with Crippen molar-refractivity contribution in [2.24, 2.45) is 0 Å². The molecule has 6 unspecified atom stereocenters. The number of carboxylic acid groups (broad SMARTS) is 1. The van der Waals surface area contributed by atoms with Gasteiger partial charge in [-0.3, -0.25) is 14.4 Å². The number of hydrogen-bond donors (Lipinski definition) is 3. The molecule has 12 heteroatoms. The molecule has 1 saturated heterocycles. The number of allylic oxidation sites excluding steroid dienone is 10. The molecule has 0 aromatic carbocycles. The highest BCUT2D eigenvalue weighted by Crippen LogP contribution is 2.27. The maximum absolute atomic E-state index is 13.2. The zero-order valence-electron chi connectivity index (χ0n) is 51.8. The van der Waals surface area contributed by atoms with E-state index in [1.54, 1.807) is 0 Å². The Balaban J connectivity index is 2.65. The van der Waals surface area contributed by atoms with Gasteiger partial charge in [-0.1, -0.05) is 242 Å². The van der Waals surface area contributed by atoms with Crippen molar-refractivity contribution in [2.75, 3.05) is 13.2 Å². The van der Waals surface area contributed by atoms with Crippen LogP contribution in [0.2, 0.25) is 0 Å². The van der Waals surface area contributed by atoms with Gasteiger partial charge in [-0.25, -0.2) is 4.79 Å².